The Kier molecular flexibility index (Phi) is 4.87. The molecular weight excluding hydrogens is 290 g/mol. The molecule has 3 atom stereocenters. The molecule has 1 N–H and O–H groups in total. The Hall–Kier alpha value is -1.59. The van der Waals surface area contributed by atoms with E-state index in [1.54, 1.807) is 7.11 Å². The number of hydrogen-bond acceptors (Lipinski definition) is 3. The zero-order valence-electron chi connectivity index (χ0n) is 14.3. The first-order chi connectivity index (χ1) is 11.1. The Morgan fingerprint density at radius 2 is 2.17 bits per heavy atom. The summed E-state index contributed by atoms with van der Waals surface area (Å²) < 4.78 is 5.35. The molecule has 2 amide bonds. The Labute approximate surface area is 138 Å². The molecule has 23 heavy (non-hydrogen) atoms. The van der Waals surface area contributed by atoms with Crippen molar-refractivity contribution in [1.82, 2.24) is 9.80 Å². The largest absolute Gasteiger partial charge is 0.377 e. The Bertz CT molecular complexity index is 563. The molecule has 2 heterocycles. The minimum Gasteiger partial charge on any atom is -0.377 e. The summed E-state index contributed by atoms with van der Waals surface area (Å²) in [6, 6.07) is 8.34. The number of urea groups is 1. The fraction of sp³-hybridized carbons (Fsp3) is 0.611. The van der Waals surface area contributed by atoms with Gasteiger partial charge in [0, 0.05) is 31.9 Å². The lowest BCUT2D eigenvalue weighted by Gasteiger charge is -2.36. The van der Waals surface area contributed by atoms with Crippen LogP contribution in [-0.2, 0) is 4.74 Å². The Morgan fingerprint density at radius 3 is 2.96 bits per heavy atom. The first-order valence-corrected chi connectivity index (χ1v) is 8.47. The Balaban J connectivity index is 1.65. The molecule has 2 aliphatic heterocycles. The van der Waals surface area contributed by atoms with Crippen molar-refractivity contribution in [3.8, 4) is 0 Å². The average Bonchev–Trinajstić information content (AvgIpc) is 2.97. The number of ether oxygens (including phenoxy) is 1. The highest BCUT2D eigenvalue weighted by atomic mass is 16.5. The standard InChI is InChI=1S/C18H27N3O2/c1-13(23-3)14-5-4-6-16(11-14)19-18(22)21-10-7-15-12-20(2)9-8-17(15)21/h4-6,11,13,15,17H,7-10,12H2,1-3H3,(H,19,22)/t13-,15+,17-/m1/s1. The average molecular weight is 317 g/mol. The van der Waals surface area contributed by atoms with Crippen molar-refractivity contribution in [2.24, 2.45) is 5.92 Å². The topological polar surface area (TPSA) is 44.8 Å². The zero-order valence-corrected chi connectivity index (χ0v) is 14.3. The maximum absolute atomic E-state index is 12.7. The van der Waals surface area contributed by atoms with Crippen molar-refractivity contribution < 1.29 is 9.53 Å². The number of hydrogen-bond donors (Lipinski definition) is 1. The van der Waals surface area contributed by atoms with E-state index in [0.29, 0.717) is 12.0 Å². The van der Waals surface area contributed by atoms with E-state index >= 15 is 0 Å². The summed E-state index contributed by atoms with van der Waals surface area (Å²) in [4.78, 5) is 17.1. The molecule has 2 fully saturated rings. The zero-order chi connectivity index (χ0) is 16.4. The summed E-state index contributed by atoms with van der Waals surface area (Å²) in [5, 5.41) is 3.07. The number of likely N-dealkylation sites (tertiary alicyclic amines) is 2. The molecule has 126 valence electrons. The molecule has 0 spiro atoms. The molecule has 0 saturated carbocycles. The molecular formula is C18H27N3O2. The molecule has 1 aromatic carbocycles. The van der Waals surface area contributed by atoms with Crippen LogP contribution in [0.15, 0.2) is 24.3 Å². The SMILES string of the molecule is CO[C@H](C)c1cccc(NC(=O)N2CC[C@H]3CN(C)CC[C@H]32)c1. The maximum atomic E-state index is 12.7. The number of benzene rings is 1. The van der Waals surface area contributed by atoms with Gasteiger partial charge in [0.1, 0.15) is 0 Å². The van der Waals surface area contributed by atoms with Gasteiger partial charge >= 0.3 is 6.03 Å². The van der Waals surface area contributed by atoms with Gasteiger partial charge in [-0.15, -0.1) is 0 Å². The summed E-state index contributed by atoms with van der Waals surface area (Å²) >= 11 is 0. The number of carbonyl (C=O) groups excluding carboxylic acids is 1. The van der Waals surface area contributed by atoms with E-state index in [1.807, 2.05) is 36.1 Å². The van der Waals surface area contributed by atoms with Crippen LogP contribution in [0.1, 0.15) is 31.4 Å². The molecule has 1 aromatic rings. The number of fused-ring (bicyclic) bond motifs is 1. The molecule has 5 heteroatoms. The summed E-state index contributed by atoms with van der Waals surface area (Å²) in [7, 11) is 3.86. The number of amides is 2. The molecule has 2 saturated heterocycles. The quantitative estimate of drug-likeness (QED) is 0.932. The highest BCUT2D eigenvalue weighted by Crippen LogP contribution is 2.31. The third kappa shape index (κ3) is 3.51. The molecule has 3 rings (SSSR count). The first kappa shape index (κ1) is 16.3. The molecule has 0 bridgehead atoms. The predicted molar refractivity (Wildman–Crippen MR) is 91.6 cm³/mol. The van der Waals surface area contributed by atoms with Crippen LogP contribution in [0.25, 0.3) is 0 Å². The number of methoxy groups -OCH3 is 1. The summed E-state index contributed by atoms with van der Waals surface area (Å²) in [5.74, 6) is 0.624. The second-order valence-corrected chi connectivity index (χ2v) is 6.79. The van der Waals surface area contributed by atoms with E-state index in [2.05, 4.69) is 17.3 Å². The highest BCUT2D eigenvalue weighted by molar-refractivity contribution is 5.89. The van der Waals surface area contributed by atoms with Crippen molar-refractivity contribution >= 4 is 11.7 Å². The van der Waals surface area contributed by atoms with E-state index in [1.165, 1.54) is 0 Å². The van der Waals surface area contributed by atoms with Crippen molar-refractivity contribution in [1.29, 1.82) is 0 Å². The lowest BCUT2D eigenvalue weighted by Crippen LogP contribution is -2.47. The number of nitrogens with one attached hydrogen (secondary N) is 1. The fourth-order valence-electron chi connectivity index (χ4n) is 3.82. The van der Waals surface area contributed by atoms with Crippen LogP contribution < -0.4 is 5.32 Å². The van der Waals surface area contributed by atoms with Crippen LogP contribution in [0, 0.1) is 5.92 Å². The molecule has 0 aliphatic carbocycles. The van der Waals surface area contributed by atoms with Gasteiger partial charge in [-0.05, 0) is 57.0 Å². The highest BCUT2D eigenvalue weighted by Gasteiger charge is 2.39. The summed E-state index contributed by atoms with van der Waals surface area (Å²) in [6.45, 7) is 5.05. The van der Waals surface area contributed by atoms with Crippen molar-refractivity contribution in [3.63, 3.8) is 0 Å². The number of anilines is 1. The van der Waals surface area contributed by atoms with Crippen molar-refractivity contribution in [2.45, 2.75) is 31.9 Å². The summed E-state index contributed by atoms with van der Waals surface area (Å²) in [6.07, 6.45) is 2.22. The van der Waals surface area contributed by atoms with Crippen LogP contribution in [0.5, 0.6) is 0 Å². The third-order valence-corrected chi connectivity index (χ3v) is 5.26. The van der Waals surface area contributed by atoms with Gasteiger partial charge in [0.25, 0.3) is 0 Å². The molecule has 0 unspecified atom stereocenters. The molecule has 2 aliphatic rings. The van der Waals surface area contributed by atoms with Gasteiger partial charge in [-0.25, -0.2) is 4.79 Å². The Morgan fingerprint density at radius 1 is 1.35 bits per heavy atom. The number of nitrogens with zero attached hydrogens (tertiary/aromatic N) is 2. The van der Waals surface area contributed by atoms with E-state index < -0.39 is 0 Å². The third-order valence-electron chi connectivity index (χ3n) is 5.26. The normalized spacial score (nSPS) is 26.0. The smallest absolute Gasteiger partial charge is 0.322 e. The van der Waals surface area contributed by atoms with Gasteiger partial charge in [-0.1, -0.05) is 12.1 Å². The van der Waals surface area contributed by atoms with Crippen LogP contribution in [0.2, 0.25) is 0 Å². The van der Waals surface area contributed by atoms with E-state index in [0.717, 1.165) is 43.7 Å². The first-order valence-electron chi connectivity index (χ1n) is 8.47. The molecule has 0 aromatic heterocycles. The number of carbonyl (C=O) groups is 1. The van der Waals surface area contributed by atoms with Crippen LogP contribution >= 0.6 is 0 Å². The van der Waals surface area contributed by atoms with Gasteiger partial charge in [-0.2, -0.15) is 0 Å². The van der Waals surface area contributed by atoms with Crippen LogP contribution in [0.4, 0.5) is 10.5 Å². The van der Waals surface area contributed by atoms with E-state index in [4.69, 9.17) is 4.74 Å². The van der Waals surface area contributed by atoms with Crippen LogP contribution in [-0.4, -0.2) is 55.7 Å². The minimum atomic E-state index is 0.0249. The van der Waals surface area contributed by atoms with Gasteiger partial charge in [-0.3, -0.25) is 0 Å². The fourth-order valence-corrected chi connectivity index (χ4v) is 3.82. The van der Waals surface area contributed by atoms with Crippen molar-refractivity contribution in [3.05, 3.63) is 29.8 Å². The summed E-state index contributed by atoms with van der Waals surface area (Å²) in [5.41, 5.74) is 1.91. The second-order valence-electron chi connectivity index (χ2n) is 6.79. The molecule has 0 radical (unpaired) electrons. The second kappa shape index (κ2) is 6.89. The lowest BCUT2D eigenvalue weighted by atomic mass is 9.93. The van der Waals surface area contributed by atoms with Gasteiger partial charge in [0.05, 0.1) is 6.10 Å². The number of piperidine rings is 1. The minimum absolute atomic E-state index is 0.0249. The molecule has 5 nitrogen and oxygen atoms in total. The predicted octanol–water partition coefficient (Wildman–Crippen LogP) is 2.95. The van der Waals surface area contributed by atoms with Crippen LogP contribution in [0.3, 0.4) is 0 Å². The maximum Gasteiger partial charge on any atom is 0.322 e. The van der Waals surface area contributed by atoms with E-state index in [-0.39, 0.29) is 12.1 Å². The number of rotatable bonds is 3. The lowest BCUT2D eigenvalue weighted by molar-refractivity contribution is 0.119. The monoisotopic (exact) mass is 317 g/mol. The van der Waals surface area contributed by atoms with Gasteiger partial charge in [0.2, 0.25) is 0 Å². The van der Waals surface area contributed by atoms with Gasteiger partial charge in [0.15, 0.2) is 0 Å². The van der Waals surface area contributed by atoms with Crippen molar-refractivity contribution in [2.75, 3.05) is 39.1 Å². The van der Waals surface area contributed by atoms with Gasteiger partial charge < -0.3 is 19.9 Å². The van der Waals surface area contributed by atoms with E-state index in [9.17, 15) is 4.79 Å².